The van der Waals surface area contributed by atoms with E-state index < -0.39 is 0 Å². The number of hydrogen-bond acceptors (Lipinski definition) is 3. The molecule has 32 heavy (non-hydrogen) atoms. The molecule has 0 radical (unpaired) electrons. The largest absolute Gasteiger partial charge is 0.496 e. The van der Waals surface area contributed by atoms with Crippen LogP contribution in [0.2, 0.25) is 0 Å². The summed E-state index contributed by atoms with van der Waals surface area (Å²) in [5, 5.41) is 3.31. The number of unbranched alkanes of at least 4 members (excludes halogenated alkanes) is 1. The third-order valence-electron chi connectivity index (χ3n) is 8.32. The lowest BCUT2D eigenvalue weighted by Gasteiger charge is -2.55. The summed E-state index contributed by atoms with van der Waals surface area (Å²) in [5.74, 6) is 3.31. The van der Waals surface area contributed by atoms with Gasteiger partial charge in [0, 0.05) is 24.5 Å². The second-order valence-corrected chi connectivity index (χ2v) is 11.0. The van der Waals surface area contributed by atoms with E-state index in [1.165, 1.54) is 25.3 Å². The maximum absolute atomic E-state index is 13.7. The summed E-state index contributed by atoms with van der Waals surface area (Å²) in [7, 11) is 1.63. The molecule has 0 spiro atoms. The lowest BCUT2D eigenvalue weighted by atomic mass is 9.49. The zero-order chi connectivity index (χ0) is 22.7. The Balaban J connectivity index is 1.19. The molecule has 4 aliphatic rings. The van der Waals surface area contributed by atoms with E-state index in [4.69, 9.17) is 4.74 Å². The zero-order valence-electron chi connectivity index (χ0n) is 20.2. The number of hydrogen-bond donors (Lipinski definition) is 1. The van der Waals surface area contributed by atoms with Crippen LogP contribution >= 0.6 is 0 Å². The lowest BCUT2D eigenvalue weighted by Crippen LogP contribution is -2.53. The van der Waals surface area contributed by atoms with Gasteiger partial charge in [-0.25, -0.2) is 4.39 Å². The first kappa shape index (κ1) is 23.5. The van der Waals surface area contributed by atoms with E-state index in [9.17, 15) is 9.18 Å². The summed E-state index contributed by atoms with van der Waals surface area (Å²) in [6.07, 6.45) is 10.4. The second kappa shape index (κ2) is 10.1. The van der Waals surface area contributed by atoms with E-state index >= 15 is 0 Å². The van der Waals surface area contributed by atoms with E-state index in [1.807, 2.05) is 0 Å². The molecule has 4 nitrogen and oxygen atoms in total. The molecule has 1 aromatic rings. The summed E-state index contributed by atoms with van der Waals surface area (Å²) in [5.41, 5.74) is 0.879. The number of halogens is 1. The van der Waals surface area contributed by atoms with Crippen LogP contribution in [0, 0.1) is 29.0 Å². The molecule has 4 aliphatic carbocycles. The average molecular weight is 445 g/mol. The van der Waals surface area contributed by atoms with Crippen LogP contribution in [-0.4, -0.2) is 43.6 Å². The van der Waals surface area contributed by atoms with Crippen molar-refractivity contribution in [3.63, 3.8) is 0 Å². The first-order chi connectivity index (χ1) is 15.4. The van der Waals surface area contributed by atoms with Gasteiger partial charge in [0.1, 0.15) is 11.6 Å². The van der Waals surface area contributed by atoms with Gasteiger partial charge in [0.2, 0.25) is 5.91 Å². The van der Waals surface area contributed by atoms with Gasteiger partial charge in [-0.05, 0) is 120 Å². The predicted octanol–water partition coefficient (Wildman–Crippen LogP) is 5.20. The Bertz CT molecular complexity index is 759. The highest BCUT2D eigenvalue weighted by molar-refractivity contribution is 5.83. The van der Waals surface area contributed by atoms with Crippen molar-refractivity contribution in [2.75, 3.05) is 26.7 Å². The van der Waals surface area contributed by atoms with Gasteiger partial charge in [0.25, 0.3) is 0 Å². The molecular formula is C27H41FN2O2. The van der Waals surface area contributed by atoms with E-state index in [1.54, 1.807) is 19.2 Å². The Labute approximate surface area is 193 Å². The lowest BCUT2D eigenvalue weighted by molar-refractivity contribution is -0.146. The maximum Gasteiger partial charge on any atom is 0.226 e. The topological polar surface area (TPSA) is 41.6 Å². The first-order valence-corrected chi connectivity index (χ1v) is 12.7. The molecule has 0 heterocycles. The number of carbonyl (C=O) groups excluding carboxylic acids is 1. The number of rotatable bonds is 11. The Hall–Kier alpha value is -1.62. The fraction of sp³-hybridized carbons (Fsp3) is 0.741. The Morgan fingerprint density at radius 1 is 1.12 bits per heavy atom. The molecule has 4 fully saturated rings. The van der Waals surface area contributed by atoms with Crippen LogP contribution in [0.25, 0.3) is 0 Å². The smallest absolute Gasteiger partial charge is 0.226 e. The van der Waals surface area contributed by atoms with Crippen molar-refractivity contribution in [3.8, 4) is 5.75 Å². The molecule has 178 valence electrons. The molecule has 5 rings (SSSR count). The summed E-state index contributed by atoms with van der Waals surface area (Å²) < 4.78 is 19.0. The van der Waals surface area contributed by atoms with Crippen LogP contribution < -0.4 is 10.1 Å². The fourth-order valence-corrected chi connectivity index (χ4v) is 7.05. The maximum atomic E-state index is 13.7. The van der Waals surface area contributed by atoms with Crippen LogP contribution in [0.4, 0.5) is 4.39 Å². The number of nitrogens with zero attached hydrogens (tertiary/aromatic N) is 1. The summed E-state index contributed by atoms with van der Waals surface area (Å²) in [6.45, 7) is 7.05. The van der Waals surface area contributed by atoms with Crippen LogP contribution in [0.15, 0.2) is 18.2 Å². The molecule has 1 amide bonds. The van der Waals surface area contributed by atoms with Crippen molar-refractivity contribution in [2.45, 2.75) is 77.7 Å². The Morgan fingerprint density at radius 3 is 2.38 bits per heavy atom. The van der Waals surface area contributed by atoms with Crippen molar-refractivity contribution >= 4 is 5.91 Å². The number of methoxy groups -OCH3 is 1. The molecule has 0 aliphatic heterocycles. The summed E-state index contributed by atoms with van der Waals surface area (Å²) in [4.78, 5) is 15.5. The van der Waals surface area contributed by atoms with E-state index in [-0.39, 0.29) is 11.2 Å². The van der Waals surface area contributed by atoms with Crippen LogP contribution in [0.3, 0.4) is 0 Å². The minimum Gasteiger partial charge on any atom is -0.496 e. The average Bonchev–Trinajstić information content (AvgIpc) is 2.74. The molecule has 4 saturated carbocycles. The van der Waals surface area contributed by atoms with Crippen LogP contribution in [0.1, 0.15) is 70.8 Å². The molecule has 1 N–H and O–H groups in total. The first-order valence-electron chi connectivity index (χ1n) is 12.7. The number of amides is 1. The van der Waals surface area contributed by atoms with Gasteiger partial charge in [-0.2, -0.15) is 0 Å². The molecule has 5 heteroatoms. The molecular weight excluding hydrogens is 403 g/mol. The van der Waals surface area contributed by atoms with E-state index in [0.29, 0.717) is 11.9 Å². The summed E-state index contributed by atoms with van der Waals surface area (Å²) >= 11 is 0. The quantitative estimate of drug-likeness (QED) is 0.477. The minimum atomic E-state index is -0.216. The molecule has 0 saturated heterocycles. The van der Waals surface area contributed by atoms with Crippen molar-refractivity contribution < 1.29 is 13.9 Å². The van der Waals surface area contributed by atoms with Gasteiger partial charge in [0.05, 0.1) is 7.11 Å². The van der Waals surface area contributed by atoms with Crippen molar-refractivity contribution in [1.29, 1.82) is 0 Å². The standard InChI is InChI=1S/C27H41FN2O2/c1-19(2)30(11-8-23-15-24(28)6-7-25(23)32-3)10-5-4-9-29-26(31)27-16-20-12-21(17-27)14-22(13-20)18-27/h6-7,15,19-22H,4-5,8-14,16-18H2,1-3H3,(H,29,31). The third kappa shape index (κ3) is 5.30. The Kier molecular flexibility index (Phi) is 7.44. The predicted molar refractivity (Wildman–Crippen MR) is 126 cm³/mol. The van der Waals surface area contributed by atoms with Crippen LogP contribution in [-0.2, 0) is 11.2 Å². The Morgan fingerprint density at radius 2 is 1.78 bits per heavy atom. The van der Waals surface area contributed by atoms with Gasteiger partial charge < -0.3 is 15.0 Å². The van der Waals surface area contributed by atoms with Gasteiger partial charge in [-0.3, -0.25) is 4.79 Å². The zero-order valence-corrected chi connectivity index (χ0v) is 20.2. The van der Waals surface area contributed by atoms with Gasteiger partial charge >= 0.3 is 0 Å². The van der Waals surface area contributed by atoms with Gasteiger partial charge in [0.15, 0.2) is 0 Å². The summed E-state index contributed by atoms with van der Waals surface area (Å²) in [6, 6.07) is 5.16. The molecule has 0 atom stereocenters. The fourth-order valence-electron chi connectivity index (χ4n) is 7.05. The monoisotopic (exact) mass is 444 g/mol. The van der Waals surface area contributed by atoms with Crippen molar-refractivity contribution in [3.05, 3.63) is 29.6 Å². The van der Waals surface area contributed by atoms with E-state index in [2.05, 4.69) is 24.1 Å². The van der Waals surface area contributed by atoms with Crippen LogP contribution in [0.5, 0.6) is 5.75 Å². The highest BCUT2D eigenvalue weighted by Gasteiger charge is 2.54. The van der Waals surface area contributed by atoms with E-state index in [0.717, 1.165) is 87.2 Å². The number of benzene rings is 1. The van der Waals surface area contributed by atoms with Gasteiger partial charge in [-0.15, -0.1) is 0 Å². The normalized spacial score (nSPS) is 28.5. The van der Waals surface area contributed by atoms with Crippen molar-refractivity contribution in [2.24, 2.45) is 23.2 Å². The second-order valence-electron chi connectivity index (χ2n) is 11.0. The minimum absolute atomic E-state index is 0.0390. The molecule has 1 aromatic carbocycles. The molecule has 0 unspecified atom stereocenters. The highest BCUT2D eigenvalue weighted by atomic mass is 19.1. The molecule has 0 aromatic heterocycles. The van der Waals surface area contributed by atoms with Gasteiger partial charge in [-0.1, -0.05) is 0 Å². The number of ether oxygens (including phenoxy) is 1. The van der Waals surface area contributed by atoms with Crippen molar-refractivity contribution in [1.82, 2.24) is 10.2 Å². The number of carbonyl (C=O) groups is 1. The number of nitrogens with one attached hydrogen (secondary N) is 1. The molecule has 4 bridgehead atoms. The SMILES string of the molecule is COc1ccc(F)cc1CCN(CCCCNC(=O)C12CC3CC(CC(C3)C1)C2)C(C)C. The third-order valence-corrected chi connectivity index (χ3v) is 8.32. The highest BCUT2D eigenvalue weighted by Crippen LogP contribution is 2.60.